The van der Waals surface area contributed by atoms with Crippen molar-refractivity contribution in [3.63, 3.8) is 0 Å². The molecular formula is C11H16BrFN2O3S. The van der Waals surface area contributed by atoms with Gasteiger partial charge in [-0.3, -0.25) is 0 Å². The third-order valence-corrected chi connectivity index (χ3v) is 4.24. The van der Waals surface area contributed by atoms with E-state index in [4.69, 9.17) is 10.5 Å². The fourth-order valence-corrected chi connectivity index (χ4v) is 2.94. The molecule has 19 heavy (non-hydrogen) atoms. The van der Waals surface area contributed by atoms with Crippen molar-refractivity contribution in [1.82, 2.24) is 4.72 Å². The van der Waals surface area contributed by atoms with Gasteiger partial charge in [0.1, 0.15) is 16.5 Å². The minimum Gasteiger partial charge on any atom is -0.495 e. The summed E-state index contributed by atoms with van der Waals surface area (Å²) in [6.07, 6.45) is 0. The molecule has 1 rings (SSSR count). The highest BCUT2D eigenvalue weighted by Crippen LogP contribution is 2.29. The van der Waals surface area contributed by atoms with Crippen LogP contribution >= 0.6 is 15.9 Å². The summed E-state index contributed by atoms with van der Waals surface area (Å²) < 4.78 is 45.1. The number of hydrogen-bond acceptors (Lipinski definition) is 4. The van der Waals surface area contributed by atoms with Gasteiger partial charge >= 0.3 is 0 Å². The van der Waals surface area contributed by atoms with Gasteiger partial charge in [-0.2, -0.15) is 0 Å². The largest absolute Gasteiger partial charge is 0.495 e. The first-order valence-corrected chi connectivity index (χ1v) is 7.66. The zero-order chi connectivity index (χ0) is 14.8. The summed E-state index contributed by atoms with van der Waals surface area (Å²) in [5.41, 5.74) is 4.99. The van der Waals surface area contributed by atoms with Crippen LogP contribution in [0.1, 0.15) is 13.8 Å². The van der Waals surface area contributed by atoms with Gasteiger partial charge in [-0.1, -0.05) is 0 Å². The molecule has 0 radical (unpaired) electrons. The van der Waals surface area contributed by atoms with Crippen molar-refractivity contribution >= 4 is 26.0 Å². The van der Waals surface area contributed by atoms with E-state index in [1.165, 1.54) is 13.2 Å². The molecule has 0 spiro atoms. The van der Waals surface area contributed by atoms with Gasteiger partial charge in [0, 0.05) is 12.1 Å². The highest BCUT2D eigenvalue weighted by molar-refractivity contribution is 9.10. The van der Waals surface area contributed by atoms with Crippen LogP contribution in [0.4, 0.5) is 4.39 Å². The predicted octanol–water partition coefficient (Wildman–Crippen LogP) is 1.61. The smallest absolute Gasteiger partial charge is 0.244 e. The zero-order valence-electron chi connectivity index (χ0n) is 10.8. The molecule has 0 fully saturated rings. The summed E-state index contributed by atoms with van der Waals surface area (Å²) in [5, 5.41) is 0. The number of halogens is 2. The number of sulfonamides is 1. The van der Waals surface area contributed by atoms with Crippen LogP contribution in [0.25, 0.3) is 0 Å². The average molecular weight is 355 g/mol. The van der Waals surface area contributed by atoms with Gasteiger partial charge < -0.3 is 10.5 Å². The van der Waals surface area contributed by atoms with Crippen LogP contribution < -0.4 is 15.2 Å². The summed E-state index contributed by atoms with van der Waals surface area (Å²) in [4.78, 5) is -0.264. The maximum atomic E-state index is 13.5. The molecule has 3 N–H and O–H groups in total. The van der Waals surface area contributed by atoms with E-state index >= 15 is 0 Å². The molecule has 0 aromatic heterocycles. The lowest BCUT2D eigenvalue weighted by molar-refractivity contribution is 0.399. The molecule has 1 aromatic carbocycles. The SMILES string of the molecule is COc1cc(Br)c(F)cc1S(=O)(=O)NCC(C)(C)N. The number of ether oxygens (including phenoxy) is 1. The number of benzene rings is 1. The van der Waals surface area contributed by atoms with Gasteiger partial charge in [-0.05, 0) is 41.9 Å². The van der Waals surface area contributed by atoms with Crippen LogP contribution in [0.3, 0.4) is 0 Å². The number of nitrogens with one attached hydrogen (secondary N) is 1. The molecule has 0 atom stereocenters. The van der Waals surface area contributed by atoms with Gasteiger partial charge in [0.05, 0.1) is 11.6 Å². The zero-order valence-corrected chi connectivity index (χ0v) is 13.2. The number of rotatable bonds is 5. The third kappa shape index (κ3) is 4.41. The molecular weight excluding hydrogens is 339 g/mol. The lowest BCUT2D eigenvalue weighted by Gasteiger charge is -2.19. The Morgan fingerprint density at radius 2 is 2.05 bits per heavy atom. The Labute approximate surface area is 120 Å². The molecule has 0 heterocycles. The lowest BCUT2D eigenvalue weighted by Crippen LogP contribution is -2.45. The van der Waals surface area contributed by atoms with Crippen molar-refractivity contribution in [2.45, 2.75) is 24.3 Å². The molecule has 0 aliphatic heterocycles. The van der Waals surface area contributed by atoms with Crippen LogP contribution in [-0.2, 0) is 10.0 Å². The molecule has 0 unspecified atom stereocenters. The normalized spacial score (nSPS) is 12.5. The maximum Gasteiger partial charge on any atom is 0.244 e. The molecule has 0 amide bonds. The van der Waals surface area contributed by atoms with Crippen LogP contribution in [0, 0.1) is 5.82 Å². The van der Waals surface area contributed by atoms with E-state index in [0.717, 1.165) is 6.07 Å². The fourth-order valence-electron chi connectivity index (χ4n) is 1.24. The van der Waals surface area contributed by atoms with E-state index in [1.54, 1.807) is 13.8 Å². The Kier molecular flexibility index (Phi) is 4.94. The van der Waals surface area contributed by atoms with Crippen molar-refractivity contribution in [1.29, 1.82) is 0 Å². The van der Waals surface area contributed by atoms with Crippen molar-refractivity contribution in [2.75, 3.05) is 13.7 Å². The van der Waals surface area contributed by atoms with E-state index in [2.05, 4.69) is 20.7 Å². The highest BCUT2D eigenvalue weighted by atomic mass is 79.9. The molecule has 0 aliphatic rings. The maximum absolute atomic E-state index is 13.5. The second kappa shape index (κ2) is 5.74. The molecule has 108 valence electrons. The molecule has 0 saturated carbocycles. The van der Waals surface area contributed by atoms with E-state index < -0.39 is 21.4 Å². The third-order valence-electron chi connectivity index (χ3n) is 2.21. The number of hydrogen-bond donors (Lipinski definition) is 2. The Morgan fingerprint density at radius 3 is 2.53 bits per heavy atom. The van der Waals surface area contributed by atoms with E-state index in [-0.39, 0.29) is 21.7 Å². The minimum absolute atomic E-state index is 0.0240. The quantitative estimate of drug-likeness (QED) is 0.841. The molecule has 8 heteroatoms. The summed E-state index contributed by atoms with van der Waals surface area (Å²) in [5.74, 6) is -0.635. The van der Waals surface area contributed by atoms with Gasteiger partial charge in [0.2, 0.25) is 10.0 Å². The van der Waals surface area contributed by atoms with E-state index in [0.29, 0.717) is 0 Å². The minimum atomic E-state index is -3.89. The molecule has 0 bridgehead atoms. The van der Waals surface area contributed by atoms with Gasteiger partial charge in [-0.15, -0.1) is 0 Å². The second-order valence-corrected chi connectivity index (χ2v) is 7.32. The van der Waals surface area contributed by atoms with Crippen molar-refractivity contribution in [2.24, 2.45) is 5.73 Å². The van der Waals surface area contributed by atoms with Crippen LogP contribution in [-0.4, -0.2) is 27.6 Å². The van der Waals surface area contributed by atoms with Crippen LogP contribution in [0.2, 0.25) is 0 Å². The van der Waals surface area contributed by atoms with Gasteiger partial charge in [0.25, 0.3) is 0 Å². The Bertz CT molecular complexity index is 570. The van der Waals surface area contributed by atoms with Crippen LogP contribution in [0.5, 0.6) is 5.75 Å². The monoisotopic (exact) mass is 354 g/mol. The van der Waals surface area contributed by atoms with Crippen LogP contribution in [0.15, 0.2) is 21.5 Å². The number of methoxy groups -OCH3 is 1. The second-order valence-electron chi connectivity index (χ2n) is 4.73. The predicted molar refractivity (Wildman–Crippen MR) is 74.1 cm³/mol. The summed E-state index contributed by atoms with van der Waals surface area (Å²) >= 11 is 2.97. The Morgan fingerprint density at radius 1 is 1.47 bits per heavy atom. The Balaban J connectivity index is 3.17. The first kappa shape index (κ1) is 16.4. The standard InChI is InChI=1S/C11H16BrFN2O3S/c1-11(2,14)6-15-19(16,17)10-5-8(13)7(12)4-9(10)18-3/h4-5,15H,6,14H2,1-3H3. The summed E-state index contributed by atoms with van der Waals surface area (Å²) in [6.45, 7) is 3.38. The Hall–Kier alpha value is -0.700. The van der Waals surface area contributed by atoms with Crippen molar-refractivity contribution < 1.29 is 17.5 Å². The first-order valence-electron chi connectivity index (χ1n) is 5.38. The fraction of sp³-hybridized carbons (Fsp3) is 0.455. The first-order chi connectivity index (χ1) is 8.57. The van der Waals surface area contributed by atoms with E-state index in [9.17, 15) is 12.8 Å². The average Bonchev–Trinajstić information content (AvgIpc) is 2.28. The highest BCUT2D eigenvalue weighted by Gasteiger charge is 2.24. The topological polar surface area (TPSA) is 81.4 Å². The van der Waals surface area contributed by atoms with Crippen molar-refractivity contribution in [3.8, 4) is 5.75 Å². The van der Waals surface area contributed by atoms with E-state index in [1.807, 2.05) is 0 Å². The molecule has 0 saturated heterocycles. The molecule has 0 aliphatic carbocycles. The van der Waals surface area contributed by atoms with Crippen molar-refractivity contribution in [3.05, 3.63) is 22.4 Å². The van der Waals surface area contributed by atoms with Gasteiger partial charge in [-0.25, -0.2) is 17.5 Å². The summed E-state index contributed by atoms with van der Waals surface area (Å²) in [7, 11) is -2.58. The lowest BCUT2D eigenvalue weighted by atomic mass is 10.1. The summed E-state index contributed by atoms with van der Waals surface area (Å²) in [6, 6.07) is 2.16. The molecule has 5 nitrogen and oxygen atoms in total. The number of nitrogens with two attached hydrogens (primary N) is 1. The molecule has 1 aromatic rings. The van der Waals surface area contributed by atoms with Gasteiger partial charge in [0.15, 0.2) is 0 Å².